The average Bonchev–Trinajstić information content (AvgIpc) is 3.63. The Kier molecular flexibility index (Phi) is 6.65. The number of fused-ring (bicyclic) bond motifs is 1. The van der Waals surface area contributed by atoms with Crippen LogP contribution in [0.1, 0.15) is 27.2 Å². The summed E-state index contributed by atoms with van der Waals surface area (Å²) in [6.45, 7) is 3.53. The summed E-state index contributed by atoms with van der Waals surface area (Å²) in [4.78, 5) is 33.7. The van der Waals surface area contributed by atoms with Crippen molar-refractivity contribution >= 4 is 22.6 Å². The van der Waals surface area contributed by atoms with Crippen LogP contribution < -0.4 is 10.1 Å². The fraction of sp³-hybridized carbons (Fsp3) is 0.100. The van der Waals surface area contributed by atoms with Gasteiger partial charge in [-0.2, -0.15) is 18.2 Å². The molecule has 9 nitrogen and oxygen atoms in total. The predicted molar refractivity (Wildman–Crippen MR) is 150 cm³/mol. The number of hydrogen-bond acceptors (Lipinski definition) is 6. The summed E-state index contributed by atoms with van der Waals surface area (Å²) in [7, 11) is 0. The van der Waals surface area contributed by atoms with E-state index >= 15 is 0 Å². The second-order valence-electron chi connectivity index (χ2n) is 9.56. The number of imidazole rings is 1. The Bertz CT molecular complexity index is 1930. The number of carbonyl (C=O) groups excluding carboxylic acids is 1. The topological polar surface area (TPSA) is 111 Å². The van der Waals surface area contributed by atoms with E-state index in [-0.39, 0.29) is 22.8 Å². The molecule has 4 heterocycles. The summed E-state index contributed by atoms with van der Waals surface area (Å²) in [6.07, 6.45) is 3.39. The number of rotatable bonds is 6. The molecule has 0 aliphatic heterocycles. The summed E-state index contributed by atoms with van der Waals surface area (Å²) in [6, 6.07) is 13.5. The van der Waals surface area contributed by atoms with Crippen LogP contribution in [0.5, 0.6) is 11.6 Å². The third kappa shape index (κ3) is 5.42. The molecule has 1 amide bonds. The molecule has 0 bridgehead atoms. The maximum absolute atomic E-state index is 13.7. The van der Waals surface area contributed by atoms with Crippen molar-refractivity contribution in [2.45, 2.75) is 20.0 Å². The van der Waals surface area contributed by atoms with Crippen LogP contribution in [0.2, 0.25) is 0 Å². The van der Waals surface area contributed by atoms with Gasteiger partial charge in [-0.25, -0.2) is 9.97 Å². The molecule has 0 aliphatic rings. The number of aromatic amines is 1. The number of halogens is 3. The minimum Gasteiger partial charge on any atom is -0.437 e. The van der Waals surface area contributed by atoms with E-state index in [1.807, 2.05) is 6.07 Å². The fourth-order valence-corrected chi connectivity index (χ4v) is 4.33. The van der Waals surface area contributed by atoms with Gasteiger partial charge in [0.15, 0.2) is 5.82 Å². The maximum Gasteiger partial charge on any atom is 0.416 e. The molecular formula is C30H22F3N7O2. The predicted octanol–water partition coefficient (Wildman–Crippen LogP) is 6.89. The Balaban J connectivity index is 1.32. The molecule has 210 valence electrons. The Hall–Kier alpha value is -5.52. The van der Waals surface area contributed by atoms with Crippen molar-refractivity contribution in [2.24, 2.45) is 0 Å². The number of pyridine rings is 1. The van der Waals surface area contributed by atoms with Crippen LogP contribution in [0.4, 0.5) is 18.9 Å². The SMILES string of the molecule is Cc1cn(-c2cc(NC(=O)c3ccc(C)c(Oc4nc(-c5cccnc5)nc5cc[nH]c45)c3)cc(C(F)(F)F)c2)cn1. The van der Waals surface area contributed by atoms with Crippen molar-refractivity contribution in [3.8, 4) is 28.7 Å². The number of nitrogens with zero attached hydrogens (tertiary/aromatic N) is 5. The zero-order valence-corrected chi connectivity index (χ0v) is 22.3. The molecule has 42 heavy (non-hydrogen) atoms. The van der Waals surface area contributed by atoms with E-state index in [2.05, 4.69) is 30.2 Å². The first-order valence-corrected chi connectivity index (χ1v) is 12.7. The summed E-state index contributed by atoms with van der Waals surface area (Å²) >= 11 is 0. The number of nitrogens with one attached hydrogen (secondary N) is 2. The molecule has 0 radical (unpaired) electrons. The van der Waals surface area contributed by atoms with Gasteiger partial charge in [-0.3, -0.25) is 9.78 Å². The van der Waals surface area contributed by atoms with Crippen molar-refractivity contribution in [3.63, 3.8) is 0 Å². The molecule has 0 saturated carbocycles. The quantitative estimate of drug-likeness (QED) is 0.226. The van der Waals surface area contributed by atoms with Gasteiger partial charge >= 0.3 is 6.18 Å². The van der Waals surface area contributed by atoms with Gasteiger partial charge in [-0.1, -0.05) is 6.07 Å². The van der Waals surface area contributed by atoms with Crippen molar-refractivity contribution in [1.29, 1.82) is 0 Å². The average molecular weight is 570 g/mol. The molecule has 6 aromatic rings. The van der Waals surface area contributed by atoms with Crippen LogP contribution in [0.15, 0.2) is 85.7 Å². The van der Waals surface area contributed by atoms with E-state index in [1.54, 1.807) is 62.9 Å². The van der Waals surface area contributed by atoms with Gasteiger partial charge < -0.3 is 19.6 Å². The lowest BCUT2D eigenvalue weighted by molar-refractivity contribution is -0.137. The number of H-pyrrole nitrogens is 1. The van der Waals surface area contributed by atoms with E-state index in [1.165, 1.54) is 23.0 Å². The number of alkyl halides is 3. The fourth-order valence-electron chi connectivity index (χ4n) is 4.33. The van der Waals surface area contributed by atoms with Gasteiger partial charge in [0.1, 0.15) is 11.3 Å². The van der Waals surface area contributed by atoms with Gasteiger partial charge in [-0.05, 0) is 67.9 Å². The van der Waals surface area contributed by atoms with Crippen LogP contribution in [0.25, 0.3) is 28.1 Å². The molecule has 6 rings (SSSR count). The van der Waals surface area contributed by atoms with E-state index in [4.69, 9.17) is 4.74 Å². The molecule has 4 aromatic heterocycles. The molecule has 0 atom stereocenters. The van der Waals surface area contributed by atoms with Crippen molar-refractivity contribution in [2.75, 3.05) is 5.32 Å². The van der Waals surface area contributed by atoms with Crippen LogP contribution in [-0.4, -0.2) is 35.4 Å². The highest BCUT2D eigenvalue weighted by molar-refractivity contribution is 6.04. The van der Waals surface area contributed by atoms with Crippen LogP contribution in [0, 0.1) is 13.8 Å². The van der Waals surface area contributed by atoms with E-state index < -0.39 is 17.6 Å². The first kappa shape index (κ1) is 26.7. The van der Waals surface area contributed by atoms with Crippen LogP contribution >= 0.6 is 0 Å². The van der Waals surface area contributed by atoms with Gasteiger partial charge in [0.2, 0.25) is 5.88 Å². The molecule has 0 saturated heterocycles. The zero-order valence-electron chi connectivity index (χ0n) is 22.3. The van der Waals surface area contributed by atoms with Crippen molar-refractivity contribution in [1.82, 2.24) is 29.5 Å². The first-order valence-electron chi connectivity index (χ1n) is 12.7. The molecule has 2 N–H and O–H groups in total. The summed E-state index contributed by atoms with van der Waals surface area (Å²) in [5.74, 6) is 0.372. The number of amides is 1. The third-order valence-electron chi connectivity index (χ3n) is 6.46. The zero-order chi connectivity index (χ0) is 29.4. The Labute approximate surface area is 237 Å². The molecule has 12 heteroatoms. The number of ether oxygens (including phenoxy) is 1. The first-order chi connectivity index (χ1) is 20.1. The van der Waals surface area contributed by atoms with Crippen molar-refractivity contribution < 1.29 is 22.7 Å². The Morgan fingerprint density at radius 3 is 2.64 bits per heavy atom. The summed E-state index contributed by atoms with van der Waals surface area (Å²) in [5.41, 5.74) is 2.68. The highest BCUT2D eigenvalue weighted by atomic mass is 19.4. The monoisotopic (exact) mass is 569 g/mol. The van der Waals surface area contributed by atoms with Crippen LogP contribution in [-0.2, 0) is 6.18 Å². The molecule has 0 spiro atoms. The van der Waals surface area contributed by atoms with E-state index in [0.29, 0.717) is 39.4 Å². The lowest BCUT2D eigenvalue weighted by Crippen LogP contribution is -2.14. The lowest BCUT2D eigenvalue weighted by Gasteiger charge is -2.14. The number of hydrogen-bond donors (Lipinski definition) is 2. The number of benzene rings is 2. The molecule has 2 aromatic carbocycles. The highest BCUT2D eigenvalue weighted by Gasteiger charge is 2.31. The van der Waals surface area contributed by atoms with Gasteiger partial charge in [0.05, 0.1) is 23.1 Å². The Morgan fingerprint density at radius 1 is 1.05 bits per heavy atom. The smallest absolute Gasteiger partial charge is 0.416 e. The van der Waals surface area contributed by atoms with Gasteiger partial charge in [-0.15, -0.1) is 0 Å². The second-order valence-corrected chi connectivity index (χ2v) is 9.56. The highest BCUT2D eigenvalue weighted by Crippen LogP contribution is 2.34. The molecule has 0 unspecified atom stereocenters. The maximum atomic E-state index is 13.7. The Morgan fingerprint density at radius 2 is 1.90 bits per heavy atom. The normalized spacial score (nSPS) is 11.5. The molecular weight excluding hydrogens is 547 g/mol. The number of aryl methyl sites for hydroxylation is 2. The van der Waals surface area contributed by atoms with E-state index in [0.717, 1.165) is 12.1 Å². The molecule has 0 aliphatic carbocycles. The third-order valence-corrected chi connectivity index (χ3v) is 6.46. The molecule has 0 fully saturated rings. The van der Waals surface area contributed by atoms with Crippen molar-refractivity contribution in [3.05, 3.63) is 108 Å². The minimum absolute atomic E-state index is 0.0239. The van der Waals surface area contributed by atoms with Gasteiger partial charge in [0, 0.05) is 47.3 Å². The number of carbonyl (C=O) groups is 1. The van der Waals surface area contributed by atoms with Crippen LogP contribution in [0.3, 0.4) is 0 Å². The summed E-state index contributed by atoms with van der Waals surface area (Å²) in [5, 5.41) is 2.59. The number of aromatic nitrogens is 6. The number of anilines is 1. The lowest BCUT2D eigenvalue weighted by atomic mass is 10.1. The van der Waals surface area contributed by atoms with E-state index in [9.17, 15) is 18.0 Å². The second kappa shape index (κ2) is 10.5. The van der Waals surface area contributed by atoms with Gasteiger partial charge in [0.25, 0.3) is 5.91 Å². The summed E-state index contributed by atoms with van der Waals surface area (Å²) < 4.78 is 48.7. The standard InChI is InChI=1S/C30H22F3N7O2/c1-17-5-6-19(28(41)37-22-11-21(30(31,32)33)12-23(13-22)40-15-18(2)36-16-40)10-25(17)42-29-26-24(7-9-35-26)38-27(39-29)20-4-3-8-34-14-20/h3-16,35H,1-2H3,(H,37,41). The largest absolute Gasteiger partial charge is 0.437 e. The minimum atomic E-state index is -4.62.